The van der Waals surface area contributed by atoms with Gasteiger partial charge < -0.3 is 13.8 Å². The number of hydrogen-bond donors (Lipinski definition) is 0. The molecule has 1 aromatic heterocycles. The summed E-state index contributed by atoms with van der Waals surface area (Å²) in [5, 5.41) is 0. The standard InChI is InChI=1S/C12H15FN2O5S/c1-2-10-8-19-4-3-15(10)12(16)9-5-11(7-14-6-9)20-21(13,17)18/h5-7,10H,2-4,8H2,1H3/t10-/m1/s1. The first-order chi connectivity index (χ1) is 9.90. The van der Waals surface area contributed by atoms with E-state index in [2.05, 4.69) is 9.17 Å². The van der Waals surface area contributed by atoms with Gasteiger partial charge in [0.25, 0.3) is 5.91 Å². The molecule has 1 aliphatic heterocycles. The molecule has 0 aromatic carbocycles. The van der Waals surface area contributed by atoms with Crippen molar-refractivity contribution in [1.82, 2.24) is 9.88 Å². The molecule has 1 aliphatic rings. The first kappa shape index (κ1) is 15.6. The van der Waals surface area contributed by atoms with Crippen molar-refractivity contribution in [3.63, 3.8) is 0 Å². The van der Waals surface area contributed by atoms with E-state index in [4.69, 9.17) is 4.74 Å². The molecule has 9 heteroatoms. The van der Waals surface area contributed by atoms with E-state index < -0.39 is 10.5 Å². The summed E-state index contributed by atoms with van der Waals surface area (Å²) in [6.45, 7) is 3.26. The Labute approximate surface area is 122 Å². The maximum Gasteiger partial charge on any atom is 0.488 e. The molecule has 0 spiro atoms. The average Bonchev–Trinajstić information content (AvgIpc) is 2.45. The smallest absolute Gasteiger partial charge is 0.377 e. The number of carbonyl (C=O) groups is 1. The number of nitrogens with zero attached hydrogens (tertiary/aromatic N) is 2. The molecule has 1 atom stereocenters. The van der Waals surface area contributed by atoms with Crippen LogP contribution in [0, 0.1) is 0 Å². The predicted octanol–water partition coefficient (Wildman–Crippen LogP) is 0.926. The van der Waals surface area contributed by atoms with Crippen molar-refractivity contribution in [2.75, 3.05) is 19.8 Å². The van der Waals surface area contributed by atoms with E-state index in [1.54, 1.807) is 4.90 Å². The van der Waals surface area contributed by atoms with Crippen LogP contribution in [0.1, 0.15) is 23.7 Å². The number of amides is 1. The Bertz CT molecular complexity index is 622. The third kappa shape index (κ3) is 4.11. The number of carbonyl (C=O) groups excluding carboxylic acids is 1. The highest BCUT2D eigenvalue weighted by Gasteiger charge is 2.27. The lowest BCUT2D eigenvalue weighted by Gasteiger charge is -2.35. The summed E-state index contributed by atoms with van der Waals surface area (Å²) in [4.78, 5) is 17.8. The van der Waals surface area contributed by atoms with Gasteiger partial charge in [0.1, 0.15) is 0 Å². The molecule has 2 heterocycles. The van der Waals surface area contributed by atoms with Crippen molar-refractivity contribution in [3.8, 4) is 5.75 Å². The average molecular weight is 318 g/mol. The van der Waals surface area contributed by atoms with Crippen LogP contribution in [0.3, 0.4) is 0 Å². The molecule has 1 saturated heterocycles. The van der Waals surface area contributed by atoms with E-state index >= 15 is 0 Å². The van der Waals surface area contributed by atoms with Gasteiger partial charge in [-0.25, -0.2) is 0 Å². The van der Waals surface area contributed by atoms with Crippen LogP contribution in [0.15, 0.2) is 18.5 Å². The molecule has 1 fully saturated rings. The number of rotatable bonds is 4. The van der Waals surface area contributed by atoms with Gasteiger partial charge in [0.15, 0.2) is 5.75 Å². The van der Waals surface area contributed by atoms with Crippen LogP contribution in [0.25, 0.3) is 0 Å². The van der Waals surface area contributed by atoms with Gasteiger partial charge in [-0.3, -0.25) is 9.78 Å². The summed E-state index contributed by atoms with van der Waals surface area (Å²) >= 11 is 0. The summed E-state index contributed by atoms with van der Waals surface area (Å²) < 4.78 is 42.8. The monoisotopic (exact) mass is 318 g/mol. The zero-order valence-electron chi connectivity index (χ0n) is 11.4. The molecule has 0 radical (unpaired) electrons. The second-order valence-electron chi connectivity index (χ2n) is 4.52. The SMILES string of the molecule is CC[C@@H]1COCCN1C(=O)c1cncc(OS(=O)(=O)F)c1. The van der Waals surface area contributed by atoms with E-state index in [0.29, 0.717) is 19.8 Å². The van der Waals surface area contributed by atoms with E-state index in [1.807, 2.05) is 6.92 Å². The summed E-state index contributed by atoms with van der Waals surface area (Å²) in [5.74, 6) is -0.663. The van der Waals surface area contributed by atoms with Crippen molar-refractivity contribution in [2.24, 2.45) is 0 Å². The molecule has 1 aromatic rings. The van der Waals surface area contributed by atoms with Crippen LogP contribution in [0.4, 0.5) is 3.89 Å². The van der Waals surface area contributed by atoms with E-state index in [-0.39, 0.29) is 23.3 Å². The van der Waals surface area contributed by atoms with E-state index in [9.17, 15) is 17.1 Å². The molecule has 0 N–H and O–H groups in total. The number of hydrogen-bond acceptors (Lipinski definition) is 6. The van der Waals surface area contributed by atoms with Crippen LogP contribution in [-0.2, 0) is 15.2 Å². The number of halogens is 1. The lowest BCUT2D eigenvalue weighted by Crippen LogP contribution is -2.48. The summed E-state index contributed by atoms with van der Waals surface area (Å²) in [7, 11) is -5.14. The Morgan fingerprint density at radius 3 is 3.00 bits per heavy atom. The molecular formula is C12H15FN2O5S. The van der Waals surface area contributed by atoms with Crippen LogP contribution in [-0.4, -0.2) is 50.0 Å². The van der Waals surface area contributed by atoms with Crippen LogP contribution < -0.4 is 4.18 Å². The lowest BCUT2D eigenvalue weighted by molar-refractivity contribution is -0.00283. The van der Waals surface area contributed by atoms with Crippen molar-refractivity contribution in [3.05, 3.63) is 24.0 Å². The highest BCUT2D eigenvalue weighted by atomic mass is 32.3. The van der Waals surface area contributed by atoms with Crippen LogP contribution in [0.2, 0.25) is 0 Å². The third-order valence-corrected chi connectivity index (χ3v) is 3.51. The highest BCUT2D eigenvalue weighted by Crippen LogP contribution is 2.18. The molecular weight excluding hydrogens is 303 g/mol. The maximum absolute atomic E-state index is 12.5. The fourth-order valence-electron chi connectivity index (χ4n) is 2.12. The highest BCUT2D eigenvalue weighted by molar-refractivity contribution is 7.81. The van der Waals surface area contributed by atoms with Gasteiger partial charge in [0.2, 0.25) is 0 Å². The van der Waals surface area contributed by atoms with Gasteiger partial charge >= 0.3 is 10.5 Å². The molecule has 7 nitrogen and oxygen atoms in total. The maximum atomic E-state index is 12.5. The second-order valence-corrected chi connectivity index (χ2v) is 5.47. The van der Waals surface area contributed by atoms with Crippen molar-refractivity contribution < 1.29 is 26.0 Å². The zero-order chi connectivity index (χ0) is 15.5. The molecule has 116 valence electrons. The minimum atomic E-state index is -5.14. The minimum Gasteiger partial charge on any atom is -0.377 e. The molecule has 2 rings (SSSR count). The molecule has 1 amide bonds. The molecule has 0 unspecified atom stereocenters. The molecule has 0 aliphatic carbocycles. The minimum absolute atomic E-state index is 0.0549. The molecule has 0 saturated carbocycles. The van der Waals surface area contributed by atoms with Crippen molar-refractivity contribution in [2.45, 2.75) is 19.4 Å². The van der Waals surface area contributed by atoms with Crippen LogP contribution >= 0.6 is 0 Å². The number of aromatic nitrogens is 1. The Balaban J connectivity index is 2.20. The molecule has 0 bridgehead atoms. The van der Waals surface area contributed by atoms with Gasteiger partial charge in [-0.1, -0.05) is 10.8 Å². The van der Waals surface area contributed by atoms with Gasteiger partial charge in [-0.15, -0.1) is 0 Å². The molecule has 21 heavy (non-hydrogen) atoms. The largest absolute Gasteiger partial charge is 0.488 e. The Hall–Kier alpha value is -1.74. The van der Waals surface area contributed by atoms with Crippen molar-refractivity contribution in [1.29, 1.82) is 0 Å². The van der Waals surface area contributed by atoms with E-state index in [0.717, 1.165) is 18.7 Å². The zero-order valence-corrected chi connectivity index (χ0v) is 12.2. The fourth-order valence-corrected chi connectivity index (χ4v) is 2.44. The Kier molecular flexibility index (Phi) is 4.73. The van der Waals surface area contributed by atoms with Crippen LogP contribution in [0.5, 0.6) is 5.75 Å². The quantitative estimate of drug-likeness (QED) is 0.768. The summed E-state index contributed by atoms with van der Waals surface area (Å²) in [5.41, 5.74) is 0.136. The Morgan fingerprint density at radius 2 is 2.33 bits per heavy atom. The topological polar surface area (TPSA) is 85.8 Å². The Morgan fingerprint density at radius 1 is 1.57 bits per heavy atom. The first-order valence-electron chi connectivity index (χ1n) is 6.38. The second kappa shape index (κ2) is 6.35. The van der Waals surface area contributed by atoms with Gasteiger partial charge in [-0.2, -0.15) is 8.42 Å². The first-order valence-corrected chi connectivity index (χ1v) is 7.69. The van der Waals surface area contributed by atoms with Gasteiger partial charge in [0.05, 0.1) is 31.0 Å². The third-order valence-electron chi connectivity index (χ3n) is 3.12. The number of morpholine rings is 1. The van der Waals surface area contributed by atoms with Gasteiger partial charge in [-0.05, 0) is 12.5 Å². The lowest BCUT2D eigenvalue weighted by atomic mass is 10.1. The summed E-state index contributed by atoms with van der Waals surface area (Å²) in [6, 6.07) is 1.09. The fraction of sp³-hybridized carbons (Fsp3) is 0.500. The number of pyridine rings is 1. The summed E-state index contributed by atoms with van der Waals surface area (Å²) in [6.07, 6.45) is 3.03. The van der Waals surface area contributed by atoms with Gasteiger partial charge in [0, 0.05) is 12.7 Å². The normalized spacial score (nSPS) is 19.3. The number of ether oxygens (including phenoxy) is 1. The van der Waals surface area contributed by atoms with Crippen molar-refractivity contribution >= 4 is 16.4 Å². The van der Waals surface area contributed by atoms with E-state index in [1.165, 1.54) is 6.20 Å². The predicted molar refractivity (Wildman–Crippen MR) is 70.8 cm³/mol.